The van der Waals surface area contributed by atoms with E-state index in [1.165, 1.54) is 12.1 Å². The molecule has 30 heavy (non-hydrogen) atoms. The molecule has 1 saturated heterocycles. The summed E-state index contributed by atoms with van der Waals surface area (Å²) in [5.41, 5.74) is 7.47. The van der Waals surface area contributed by atoms with Gasteiger partial charge >= 0.3 is 0 Å². The number of piperidine rings is 1. The summed E-state index contributed by atoms with van der Waals surface area (Å²) in [7, 11) is 1.71. The van der Waals surface area contributed by atoms with Gasteiger partial charge in [-0.1, -0.05) is 18.2 Å². The molecule has 1 aliphatic rings. The van der Waals surface area contributed by atoms with Crippen LogP contribution in [0.3, 0.4) is 0 Å². The number of hydrogen-bond acceptors (Lipinski definition) is 4. The smallest absolute Gasteiger partial charge is 0.222 e. The molecule has 1 atom stereocenters. The maximum atomic E-state index is 13.3. The molecule has 0 aliphatic carbocycles. The third-order valence-electron chi connectivity index (χ3n) is 5.26. The number of anilines is 1. The summed E-state index contributed by atoms with van der Waals surface area (Å²) in [4.78, 5) is 22.5. The molecule has 1 unspecified atom stereocenters. The summed E-state index contributed by atoms with van der Waals surface area (Å²) < 4.78 is 13.3. The first-order valence-electron chi connectivity index (χ1n) is 10.2. The molecule has 2 heterocycles. The second kappa shape index (κ2) is 10.6. The number of nitrogens with two attached hydrogens (primary N) is 1. The van der Waals surface area contributed by atoms with Crippen LogP contribution in [0.25, 0.3) is 0 Å². The van der Waals surface area contributed by atoms with E-state index >= 15 is 0 Å². The molecule has 8 heteroatoms. The zero-order valence-electron chi connectivity index (χ0n) is 17.3. The number of aliphatic imine (C=N–C) groups is 1. The topological polar surface area (TPSA) is 95.6 Å². The van der Waals surface area contributed by atoms with Gasteiger partial charge in [0.15, 0.2) is 5.96 Å². The van der Waals surface area contributed by atoms with Crippen LogP contribution in [0.2, 0.25) is 0 Å². The Morgan fingerprint density at radius 3 is 2.97 bits per heavy atom. The predicted molar refractivity (Wildman–Crippen MR) is 117 cm³/mol. The number of rotatable bonds is 7. The number of guanidine groups is 1. The Hall–Kier alpha value is -3.16. The highest BCUT2D eigenvalue weighted by atomic mass is 19.1. The van der Waals surface area contributed by atoms with E-state index in [1.807, 2.05) is 18.2 Å². The first-order chi connectivity index (χ1) is 14.6. The van der Waals surface area contributed by atoms with E-state index < -0.39 is 0 Å². The van der Waals surface area contributed by atoms with E-state index in [0.717, 1.165) is 36.3 Å². The van der Waals surface area contributed by atoms with Crippen LogP contribution in [-0.2, 0) is 17.8 Å². The summed E-state index contributed by atoms with van der Waals surface area (Å²) in [5.74, 6) is 0.911. The minimum Gasteiger partial charge on any atom is -0.369 e. The minimum atomic E-state index is -0.252. The van der Waals surface area contributed by atoms with Gasteiger partial charge in [-0.05, 0) is 43.0 Å². The molecule has 4 N–H and O–H groups in total. The van der Waals surface area contributed by atoms with Gasteiger partial charge in [-0.3, -0.25) is 9.79 Å². The number of carbonyl (C=O) groups excluding carboxylic acids is 1. The van der Waals surface area contributed by atoms with Crippen molar-refractivity contribution in [2.75, 3.05) is 31.6 Å². The first kappa shape index (κ1) is 21.5. The number of pyridine rings is 1. The summed E-state index contributed by atoms with van der Waals surface area (Å²) in [6, 6.07) is 10.5. The van der Waals surface area contributed by atoms with E-state index in [1.54, 1.807) is 19.3 Å². The maximum absolute atomic E-state index is 13.3. The van der Waals surface area contributed by atoms with Gasteiger partial charge in [0, 0.05) is 45.0 Å². The number of nitrogens with zero attached hydrogens (tertiary/aromatic N) is 3. The van der Waals surface area contributed by atoms with Crippen LogP contribution in [0.5, 0.6) is 0 Å². The highest BCUT2D eigenvalue weighted by Crippen LogP contribution is 2.24. The number of carbonyl (C=O) groups is 1. The molecule has 160 valence electrons. The van der Waals surface area contributed by atoms with Gasteiger partial charge < -0.3 is 21.3 Å². The van der Waals surface area contributed by atoms with Crippen LogP contribution in [0.15, 0.2) is 47.6 Å². The van der Waals surface area contributed by atoms with Gasteiger partial charge in [-0.25, -0.2) is 9.37 Å². The average Bonchev–Trinajstić information content (AvgIpc) is 2.76. The molecule has 7 nitrogen and oxygen atoms in total. The fraction of sp³-hybridized carbons (Fsp3) is 0.409. The molecule has 0 saturated carbocycles. The number of aromatic nitrogens is 1. The predicted octanol–water partition coefficient (Wildman–Crippen LogP) is 1.83. The second-order valence-corrected chi connectivity index (χ2v) is 7.41. The normalized spacial score (nSPS) is 16.9. The molecule has 1 aromatic carbocycles. The lowest BCUT2D eigenvalue weighted by Gasteiger charge is -2.33. The van der Waals surface area contributed by atoms with Crippen molar-refractivity contribution in [2.24, 2.45) is 16.6 Å². The molecular formula is C22H29FN6O. The van der Waals surface area contributed by atoms with Gasteiger partial charge in [-0.15, -0.1) is 0 Å². The summed E-state index contributed by atoms with van der Waals surface area (Å²) in [5, 5.41) is 6.55. The molecule has 3 rings (SSSR count). The molecule has 1 aliphatic heterocycles. The van der Waals surface area contributed by atoms with E-state index in [2.05, 4.69) is 25.5 Å². The fourth-order valence-electron chi connectivity index (χ4n) is 3.67. The molecule has 0 bridgehead atoms. The Kier molecular flexibility index (Phi) is 7.59. The molecule has 0 radical (unpaired) electrons. The van der Waals surface area contributed by atoms with Crippen molar-refractivity contribution in [3.05, 3.63) is 59.5 Å². The van der Waals surface area contributed by atoms with Crippen LogP contribution in [0.4, 0.5) is 10.2 Å². The Balaban J connectivity index is 1.56. The molecule has 1 fully saturated rings. The summed E-state index contributed by atoms with van der Waals surface area (Å²) in [6.07, 6.45) is 4.20. The lowest BCUT2D eigenvalue weighted by atomic mass is 9.97. The SMILES string of the molecule is CN=C(NCCc1cccc(F)c1)NCc1cccnc1N1CCCC(C(N)=O)C1. The standard InChI is InChI=1S/C22H29FN6O/c1-25-22(27-11-9-16-5-2-8-19(23)13-16)28-14-17-6-3-10-26-21(17)29-12-4-7-18(15-29)20(24)30/h2-3,5-6,8,10,13,18H,4,7,9,11-12,14-15H2,1H3,(H2,24,30)(H2,25,27,28). The number of halogens is 1. The lowest BCUT2D eigenvalue weighted by molar-refractivity contribution is -0.122. The van der Waals surface area contributed by atoms with Crippen molar-refractivity contribution in [3.8, 4) is 0 Å². The number of amides is 1. The van der Waals surface area contributed by atoms with Crippen LogP contribution in [-0.4, -0.2) is 43.5 Å². The van der Waals surface area contributed by atoms with Crippen LogP contribution in [0, 0.1) is 11.7 Å². The molecule has 1 amide bonds. The van der Waals surface area contributed by atoms with Gasteiger partial charge in [-0.2, -0.15) is 0 Å². The van der Waals surface area contributed by atoms with E-state index in [4.69, 9.17) is 5.73 Å². The van der Waals surface area contributed by atoms with Crippen molar-refractivity contribution in [3.63, 3.8) is 0 Å². The molecule has 1 aromatic heterocycles. The van der Waals surface area contributed by atoms with Crippen molar-refractivity contribution < 1.29 is 9.18 Å². The summed E-state index contributed by atoms with van der Waals surface area (Å²) in [6.45, 7) is 2.63. The first-order valence-corrected chi connectivity index (χ1v) is 10.2. The average molecular weight is 413 g/mol. The largest absolute Gasteiger partial charge is 0.369 e. The van der Waals surface area contributed by atoms with Gasteiger partial charge in [0.05, 0.1) is 5.92 Å². The van der Waals surface area contributed by atoms with Crippen LogP contribution >= 0.6 is 0 Å². The number of benzene rings is 1. The van der Waals surface area contributed by atoms with Crippen molar-refractivity contribution in [1.82, 2.24) is 15.6 Å². The molecule has 2 aromatic rings. The highest BCUT2D eigenvalue weighted by molar-refractivity contribution is 5.80. The van der Waals surface area contributed by atoms with Crippen LogP contribution in [0.1, 0.15) is 24.0 Å². The zero-order valence-corrected chi connectivity index (χ0v) is 17.3. The number of hydrogen-bond donors (Lipinski definition) is 3. The van der Waals surface area contributed by atoms with E-state index in [0.29, 0.717) is 32.0 Å². The van der Waals surface area contributed by atoms with E-state index in [9.17, 15) is 9.18 Å². The Bertz CT molecular complexity index is 887. The maximum Gasteiger partial charge on any atom is 0.222 e. The number of nitrogens with one attached hydrogen (secondary N) is 2. The number of primary amides is 1. The second-order valence-electron chi connectivity index (χ2n) is 7.41. The Morgan fingerprint density at radius 1 is 1.33 bits per heavy atom. The van der Waals surface area contributed by atoms with E-state index in [-0.39, 0.29) is 17.6 Å². The molecular weight excluding hydrogens is 383 g/mol. The Labute approximate surface area is 176 Å². The van der Waals surface area contributed by atoms with Crippen molar-refractivity contribution >= 4 is 17.7 Å². The van der Waals surface area contributed by atoms with Gasteiger partial charge in [0.2, 0.25) is 5.91 Å². The third kappa shape index (κ3) is 5.92. The van der Waals surface area contributed by atoms with Crippen molar-refractivity contribution in [1.29, 1.82) is 0 Å². The van der Waals surface area contributed by atoms with Crippen molar-refractivity contribution in [2.45, 2.75) is 25.8 Å². The zero-order chi connectivity index (χ0) is 21.3. The van der Waals surface area contributed by atoms with Crippen LogP contribution < -0.4 is 21.3 Å². The summed E-state index contributed by atoms with van der Waals surface area (Å²) >= 11 is 0. The Morgan fingerprint density at radius 2 is 2.20 bits per heavy atom. The monoisotopic (exact) mass is 412 g/mol. The minimum absolute atomic E-state index is 0.140. The van der Waals surface area contributed by atoms with Gasteiger partial charge in [0.1, 0.15) is 11.6 Å². The highest BCUT2D eigenvalue weighted by Gasteiger charge is 2.25. The fourth-order valence-corrected chi connectivity index (χ4v) is 3.67. The quantitative estimate of drug-likeness (QED) is 0.476. The van der Waals surface area contributed by atoms with Gasteiger partial charge in [0.25, 0.3) is 0 Å². The molecule has 0 spiro atoms. The third-order valence-corrected chi connectivity index (χ3v) is 5.26. The lowest BCUT2D eigenvalue weighted by Crippen LogP contribution is -2.42.